The minimum absolute atomic E-state index is 0.0464. The maximum Gasteiger partial charge on any atom is 0.303 e. The van der Waals surface area contributed by atoms with Gasteiger partial charge in [0.25, 0.3) is 0 Å². The SMILES string of the molecule is CCCCC/C=C\C/C=C/C=C1/C(=O)C=C[C@H]1CCCC(=O)O. The van der Waals surface area contributed by atoms with Crippen LogP contribution < -0.4 is 0 Å². The number of unbranched alkanes of at least 4 members (excludes halogenated alkanes) is 3. The predicted octanol–water partition coefficient (Wildman–Crippen LogP) is 5.01. The molecule has 0 saturated heterocycles. The van der Waals surface area contributed by atoms with Crippen LogP contribution in [0.5, 0.6) is 0 Å². The highest BCUT2D eigenvalue weighted by Gasteiger charge is 2.21. The molecule has 23 heavy (non-hydrogen) atoms. The molecule has 0 amide bonds. The van der Waals surface area contributed by atoms with Gasteiger partial charge in [-0.2, -0.15) is 0 Å². The first kappa shape index (κ1) is 19.1. The average molecular weight is 316 g/mol. The van der Waals surface area contributed by atoms with E-state index in [1.165, 1.54) is 19.3 Å². The summed E-state index contributed by atoms with van der Waals surface area (Å²) in [5, 5.41) is 8.68. The second-order valence-electron chi connectivity index (χ2n) is 5.87. The molecule has 3 heteroatoms. The molecule has 1 atom stereocenters. The summed E-state index contributed by atoms with van der Waals surface area (Å²) in [6.07, 6.45) is 21.0. The number of carboxylic acid groups (broad SMARTS) is 1. The quantitative estimate of drug-likeness (QED) is 0.331. The second kappa shape index (κ2) is 11.6. The van der Waals surface area contributed by atoms with Crippen molar-refractivity contribution in [3.05, 3.63) is 48.1 Å². The molecule has 0 aromatic heterocycles. The van der Waals surface area contributed by atoms with E-state index in [0.717, 1.165) is 18.4 Å². The molecule has 126 valence electrons. The Balaban J connectivity index is 2.36. The van der Waals surface area contributed by atoms with Gasteiger partial charge >= 0.3 is 5.97 Å². The summed E-state index contributed by atoms with van der Waals surface area (Å²) in [5.41, 5.74) is 0.776. The van der Waals surface area contributed by atoms with Gasteiger partial charge in [-0.05, 0) is 38.2 Å². The van der Waals surface area contributed by atoms with Crippen molar-refractivity contribution in [3.63, 3.8) is 0 Å². The summed E-state index contributed by atoms with van der Waals surface area (Å²) in [7, 11) is 0. The minimum atomic E-state index is -0.783. The van der Waals surface area contributed by atoms with E-state index >= 15 is 0 Å². The standard InChI is InChI=1S/C20H28O3/c1-2-3-4-5-6-7-8-9-10-13-18-17(15-16-19(18)21)12-11-14-20(22)23/h6-7,9-10,13,15-17H,2-5,8,11-12,14H2,1H3,(H,22,23)/b7-6-,10-9+,18-13+/t17-/m1/s1. The van der Waals surface area contributed by atoms with Crippen LogP contribution in [0.15, 0.2) is 48.1 Å². The Labute approximate surface area is 139 Å². The van der Waals surface area contributed by atoms with E-state index in [9.17, 15) is 9.59 Å². The number of carboxylic acids is 1. The van der Waals surface area contributed by atoms with Crippen molar-refractivity contribution in [1.29, 1.82) is 0 Å². The molecular formula is C20H28O3. The van der Waals surface area contributed by atoms with Crippen molar-refractivity contribution in [2.45, 2.75) is 58.3 Å². The largest absolute Gasteiger partial charge is 0.481 e. The molecule has 0 radical (unpaired) electrons. The van der Waals surface area contributed by atoms with Gasteiger partial charge in [-0.15, -0.1) is 0 Å². The molecule has 0 fully saturated rings. The van der Waals surface area contributed by atoms with Gasteiger partial charge in [0.05, 0.1) is 0 Å². The van der Waals surface area contributed by atoms with Gasteiger partial charge in [0.15, 0.2) is 5.78 Å². The van der Waals surface area contributed by atoms with Crippen LogP contribution in [0.25, 0.3) is 0 Å². The highest BCUT2D eigenvalue weighted by atomic mass is 16.4. The Kier molecular flexibility index (Phi) is 9.69. The summed E-state index contributed by atoms with van der Waals surface area (Å²) in [5.74, 6) is -0.671. The lowest BCUT2D eigenvalue weighted by Crippen LogP contribution is -2.04. The molecule has 0 spiro atoms. The number of carbonyl (C=O) groups is 2. The summed E-state index contributed by atoms with van der Waals surface area (Å²) in [4.78, 5) is 22.4. The molecule has 0 unspecified atom stereocenters. The zero-order valence-corrected chi connectivity index (χ0v) is 14.0. The number of rotatable bonds is 11. The highest BCUT2D eigenvalue weighted by Crippen LogP contribution is 2.26. The molecule has 0 heterocycles. The van der Waals surface area contributed by atoms with Crippen molar-refractivity contribution in [1.82, 2.24) is 0 Å². The number of carbonyl (C=O) groups excluding carboxylic acids is 1. The first-order valence-corrected chi connectivity index (χ1v) is 8.61. The molecular weight excluding hydrogens is 288 g/mol. The normalized spacial score (nSPS) is 19.6. The van der Waals surface area contributed by atoms with Gasteiger partial charge in [-0.3, -0.25) is 9.59 Å². The summed E-state index contributed by atoms with van der Waals surface area (Å²) in [6.45, 7) is 2.20. The van der Waals surface area contributed by atoms with Crippen LogP contribution in [-0.4, -0.2) is 16.9 Å². The minimum Gasteiger partial charge on any atom is -0.481 e. The smallest absolute Gasteiger partial charge is 0.303 e. The first-order chi connectivity index (χ1) is 11.1. The Bertz CT molecular complexity index is 495. The molecule has 1 aliphatic rings. The van der Waals surface area contributed by atoms with Crippen molar-refractivity contribution in [2.75, 3.05) is 0 Å². The molecule has 1 rings (SSSR count). The van der Waals surface area contributed by atoms with Gasteiger partial charge < -0.3 is 5.11 Å². The topological polar surface area (TPSA) is 54.4 Å². The molecule has 3 nitrogen and oxygen atoms in total. The van der Waals surface area contributed by atoms with Crippen molar-refractivity contribution in [2.24, 2.45) is 5.92 Å². The van der Waals surface area contributed by atoms with Crippen LogP contribution in [0.3, 0.4) is 0 Å². The van der Waals surface area contributed by atoms with E-state index in [4.69, 9.17) is 5.11 Å². The third kappa shape index (κ3) is 8.34. The zero-order chi connectivity index (χ0) is 16.9. The molecule has 0 bridgehead atoms. The zero-order valence-electron chi connectivity index (χ0n) is 14.0. The maximum absolute atomic E-state index is 11.8. The molecule has 0 aromatic rings. The van der Waals surface area contributed by atoms with Gasteiger partial charge in [0.1, 0.15) is 0 Å². The Morgan fingerprint density at radius 1 is 1.22 bits per heavy atom. The van der Waals surface area contributed by atoms with Gasteiger partial charge in [-0.25, -0.2) is 0 Å². The van der Waals surface area contributed by atoms with E-state index in [2.05, 4.69) is 19.1 Å². The Morgan fingerprint density at radius 2 is 2.04 bits per heavy atom. The predicted molar refractivity (Wildman–Crippen MR) is 94.2 cm³/mol. The number of hydrogen-bond donors (Lipinski definition) is 1. The Morgan fingerprint density at radius 3 is 2.78 bits per heavy atom. The van der Waals surface area contributed by atoms with Crippen LogP contribution in [-0.2, 0) is 9.59 Å². The lowest BCUT2D eigenvalue weighted by molar-refractivity contribution is -0.137. The second-order valence-corrected chi connectivity index (χ2v) is 5.87. The third-order valence-electron chi connectivity index (χ3n) is 3.89. The van der Waals surface area contributed by atoms with Gasteiger partial charge in [0, 0.05) is 17.9 Å². The molecule has 1 aliphatic carbocycles. The van der Waals surface area contributed by atoms with Crippen molar-refractivity contribution < 1.29 is 14.7 Å². The highest BCUT2D eigenvalue weighted by molar-refractivity contribution is 6.07. The number of allylic oxidation sites excluding steroid dienone is 8. The summed E-state index contributed by atoms with van der Waals surface area (Å²) < 4.78 is 0. The van der Waals surface area contributed by atoms with E-state index in [-0.39, 0.29) is 18.1 Å². The number of hydrogen-bond acceptors (Lipinski definition) is 2. The summed E-state index contributed by atoms with van der Waals surface area (Å²) >= 11 is 0. The summed E-state index contributed by atoms with van der Waals surface area (Å²) in [6, 6.07) is 0. The lowest BCUT2D eigenvalue weighted by Gasteiger charge is -2.08. The van der Waals surface area contributed by atoms with Crippen LogP contribution in [0.1, 0.15) is 58.3 Å². The molecule has 0 saturated carbocycles. The van der Waals surface area contributed by atoms with E-state index in [0.29, 0.717) is 12.8 Å². The van der Waals surface area contributed by atoms with Crippen LogP contribution in [0.4, 0.5) is 0 Å². The van der Waals surface area contributed by atoms with E-state index < -0.39 is 5.97 Å². The lowest BCUT2D eigenvalue weighted by atomic mass is 9.95. The Hall–Kier alpha value is -1.90. The molecule has 0 aromatic carbocycles. The fourth-order valence-corrected chi connectivity index (χ4v) is 2.57. The van der Waals surface area contributed by atoms with Crippen LogP contribution in [0, 0.1) is 5.92 Å². The van der Waals surface area contributed by atoms with E-state index in [1.807, 2.05) is 24.3 Å². The van der Waals surface area contributed by atoms with Crippen molar-refractivity contribution in [3.8, 4) is 0 Å². The van der Waals surface area contributed by atoms with Gasteiger partial charge in [-0.1, -0.05) is 56.2 Å². The average Bonchev–Trinajstić information content (AvgIpc) is 2.86. The number of ketones is 1. The monoisotopic (exact) mass is 316 g/mol. The molecule has 0 aliphatic heterocycles. The van der Waals surface area contributed by atoms with Crippen LogP contribution in [0.2, 0.25) is 0 Å². The number of aliphatic carboxylic acids is 1. The molecule has 1 N–H and O–H groups in total. The third-order valence-corrected chi connectivity index (χ3v) is 3.89. The first-order valence-electron chi connectivity index (χ1n) is 8.61. The van der Waals surface area contributed by atoms with Gasteiger partial charge in [0.2, 0.25) is 0 Å². The maximum atomic E-state index is 11.8. The van der Waals surface area contributed by atoms with Crippen molar-refractivity contribution >= 4 is 11.8 Å². The van der Waals surface area contributed by atoms with E-state index in [1.54, 1.807) is 6.08 Å². The fourth-order valence-electron chi connectivity index (χ4n) is 2.57. The van der Waals surface area contributed by atoms with Crippen LogP contribution >= 0.6 is 0 Å². The fraction of sp³-hybridized carbons (Fsp3) is 0.500.